The van der Waals surface area contributed by atoms with Crippen molar-refractivity contribution in [1.82, 2.24) is 15.2 Å². The maximum Gasteiger partial charge on any atom is 0.254 e. The van der Waals surface area contributed by atoms with E-state index in [2.05, 4.69) is 5.32 Å². The smallest absolute Gasteiger partial charge is 0.254 e. The summed E-state index contributed by atoms with van der Waals surface area (Å²) in [5.41, 5.74) is 4.10. The molecule has 2 fully saturated rings. The van der Waals surface area contributed by atoms with Crippen molar-refractivity contribution in [3.63, 3.8) is 0 Å². The van der Waals surface area contributed by atoms with Gasteiger partial charge < -0.3 is 10.2 Å². The summed E-state index contributed by atoms with van der Waals surface area (Å²) >= 11 is 6.64. The second-order valence-electron chi connectivity index (χ2n) is 7.72. The molecule has 1 saturated carbocycles. The monoisotopic (exact) mass is 355 g/mol. The van der Waals surface area contributed by atoms with Gasteiger partial charge in [-0.25, -0.2) is 0 Å². The molecular weight excluding hydrogens is 334 g/mol. The maximum atomic E-state index is 13.0. The van der Waals surface area contributed by atoms with Crippen molar-refractivity contribution >= 4 is 28.4 Å². The summed E-state index contributed by atoms with van der Waals surface area (Å²) in [6.45, 7) is 2.48. The van der Waals surface area contributed by atoms with Crippen molar-refractivity contribution in [2.75, 3.05) is 19.6 Å². The zero-order valence-electron chi connectivity index (χ0n) is 14.3. The predicted octanol–water partition coefficient (Wildman–Crippen LogP) is 3.35. The Kier molecular flexibility index (Phi) is 3.54. The van der Waals surface area contributed by atoms with E-state index >= 15 is 0 Å². The van der Waals surface area contributed by atoms with Gasteiger partial charge in [0.05, 0.1) is 10.5 Å². The van der Waals surface area contributed by atoms with Gasteiger partial charge in [0.2, 0.25) is 0 Å². The van der Waals surface area contributed by atoms with Crippen molar-refractivity contribution < 1.29 is 4.79 Å². The second-order valence-corrected chi connectivity index (χ2v) is 8.10. The van der Waals surface area contributed by atoms with E-state index in [9.17, 15) is 4.79 Å². The highest BCUT2D eigenvalue weighted by atomic mass is 35.5. The lowest BCUT2D eigenvalue weighted by molar-refractivity contribution is 0.0691. The van der Waals surface area contributed by atoms with Gasteiger partial charge in [0, 0.05) is 41.8 Å². The van der Waals surface area contributed by atoms with Crippen molar-refractivity contribution in [3.05, 3.63) is 40.0 Å². The van der Waals surface area contributed by atoms with E-state index in [1.807, 2.05) is 23.1 Å². The van der Waals surface area contributed by atoms with Crippen LogP contribution < -0.4 is 5.32 Å². The molecule has 5 heteroatoms. The van der Waals surface area contributed by atoms with Gasteiger partial charge >= 0.3 is 0 Å². The molecule has 1 aromatic carbocycles. The molecule has 0 unspecified atom stereocenters. The molecule has 4 nitrogen and oxygen atoms in total. The summed E-state index contributed by atoms with van der Waals surface area (Å²) < 4.78 is 0. The van der Waals surface area contributed by atoms with Crippen LogP contribution in [0.4, 0.5) is 0 Å². The fourth-order valence-electron chi connectivity index (χ4n) is 4.30. The number of halogens is 1. The Morgan fingerprint density at radius 1 is 1.24 bits per heavy atom. The van der Waals surface area contributed by atoms with Crippen molar-refractivity contribution in [3.8, 4) is 0 Å². The SMILES string of the molecule is O=C(c1ccc2c(Cl)c3c(nc2c1)CCCC3)N1CCNC2(CC2)C1. The van der Waals surface area contributed by atoms with Gasteiger partial charge in [0.1, 0.15) is 0 Å². The fourth-order valence-corrected chi connectivity index (χ4v) is 4.66. The third-order valence-electron chi connectivity index (χ3n) is 5.96. The molecule has 130 valence electrons. The number of rotatable bonds is 1. The van der Waals surface area contributed by atoms with Crippen LogP contribution in [0.2, 0.25) is 5.02 Å². The molecule has 0 bridgehead atoms. The Bertz CT molecular complexity index is 875. The molecule has 0 atom stereocenters. The van der Waals surface area contributed by atoms with E-state index in [0.717, 1.165) is 59.7 Å². The number of carbonyl (C=O) groups is 1. The summed E-state index contributed by atoms with van der Waals surface area (Å²) in [6, 6.07) is 5.82. The highest BCUT2D eigenvalue weighted by Gasteiger charge is 2.46. The Hall–Kier alpha value is -1.65. The number of nitrogens with zero attached hydrogens (tertiary/aromatic N) is 2. The minimum Gasteiger partial charge on any atom is -0.336 e. The van der Waals surface area contributed by atoms with Gasteiger partial charge in [-0.15, -0.1) is 0 Å². The second kappa shape index (κ2) is 5.68. The third-order valence-corrected chi connectivity index (χ3v) is 6.39. The molecule has 2 aromatic rings. The number of fused-ring (bicyclic) bond motifs is 2. The summed E-state index contributed by atoms with van der Waals surface area (Å²) in [7, 11) is 0. The molecule has 0 radical (unpaired) electrons. The molecule has 5 rings (SSSR count). The number of pyridine rings is 1. The van der Waals surface area contributed by atoms with Crippen molar-refractivity contribution in [2.45, 2.75) is 44.1 Å². The van der Waals surface area contributed by atoms with E-state index in [-0.39, 0.29) is 11.4 Å². The predicted molar refractivity (Wildman–Crippen MR) is 99.3 cm³/mol. The molecule has 3 aliphatic rings. The molecule has 2 aliphatic carbocycles. The van der Waals surface area contributed by atoms with Gasteiger partial charge in [-0.3, -0.25) is 9.78 Å². The molecule has 1 amide bonds. The van der Waals surface area contributed by atoms with Crippen LogP contribution in [0.25, 0.3) is 10.9 Å². The molecule has 1 N–H and O–H groups in total. The first kappa shape index (κ1) is 15.6. The van der Waals surface area contributed by atoms with Gasteiger partial charge in [-0.05, 0) is 56.2 Å². The number of aromatic nitrogens is 1. The summed E-state index contributed by atoms with van der Waals surface area (Å²) in [4.78, 5) is 19.8. The Morgan fingerprint density at radius 2 is 2.08 bits per heavy atom. The lowest BCUT2D eigenvalue weighted by Gasteiger charge is -2.34. The number of carbonyl (C=O) groups excluding carboxylic acids is 1. The van der Waals surface area contributed by atoms with Crippen LogP contribution in [0.5, 0.6) is 0 Å². The lowest BCUT2D eigenvalue weighted by atomic mass is 9.94. The zero-order chi connectivity index (χ0) is 17.0. The molecule has 1 saturated heterocycles. The van der Waals surface area contributed by atoms with Crippen LogP contribution in [0.3, 0.4) is 0 Å². The van der Waals surface area contributed by atoms with Crippen LogP contribution >= 0.6 is 11.6 Å². The number of amides is 1. The molecule has 25 heavy (non-hydrogen) atoms. The Morgan fingerprint density at radius 3 is 2.92 bits per heavy atom. The molecule has 1 spiro atoms. The highest BCUT2D eigenvalue weighted by molar-refractivity contribution is 6.36. The number of nitrogens with one attached hydrogen (secondary N) is 1. The molecule has 1 aliphatic heterocycles. The number of hydrogen-bond donors (Lipinski definition) is 1. The van der Waals surface area contributed by atoms with E-state index < -0.39 is 0 Å². The van der Waals surface area contributed by atoms with E-state index in [1.54, 1.807) is 0 Å². The third kappa shape index (κ3) is 2.63. The average Bonchev–Trinajstić information content (AvgIpc) is 3.39. The topological polar surface area (TPSA) is 45.2 Å². The van der Waals surface area contributed by atoms with Crippen LogP contribution in [0.1, 0.15) is 47.3 Å². The molecular formula is C20H22ClN3O. The Labute approximate surface area is 152 Å². The lowest BCUT2D eigenvalue weighted by Crippen LogP contribution is -2.54. The zero-order valence-corrected chi connectivity index (χ0v) is 15.0. The fraction of sp³-hybridized carbons (Fsp3) is 0.500. The van der Waals surface area contributed by atoms with Crippen LogP contribution in [-0.2, 0) is 12.8 Å². The largest absolute Gasteiger partial charge is 0.336 e. The van der Waals surface area contributed by atoms with Crippen molar-refractivity contribution in [1.29, 1.82) is 0 Å². The number of aryl methyl sites for hydroxylation is 1. The number of piperazine rings is 1. The number of hydrogen-bond acceptors (Lipinski definition) is 3. The van der Waals surface area contributed by atoms with Crippen LogP contribution in [0, 0.1) is 0 Å². The minimum atomic E-state index is 0.116. The number of benzene rings is 1. The van der Waals surface area contributed by atoms with Crippen molar-refractivity contribution in [2.24, 2.45) is 0 Å². The summed E-state index contributed by atoms with van der Waals surface area (Å²) in [5.74, 6) is 0.116. The van der Waals surface area contributed by atoms with E-state index in [4.69, 9.17) is 16.6 Å². The first-order valence-corrected chi connectivity index (χ1v) is 9.68. The molecule has 2 heterocycles. The Balaban J connectivity index is 1.50. The average molecular weight is 356 g/mol. The summed E-state index contributed by atoms with van der Waals surface area (Å²) in [6.07, 6.45) is 6.71. The molecule has 1 aromatic heterocycles. The first-order valence-electron chi connectivity index (χ1n) is 9.31. The minimum absolute atomic E-state index is 0.116. The normalized spacial score (nSPS) is 21.4. The standard InChI is InChI=1S/C20H22ClN3O/c21-18-14-3-1-2-4-16(14)23-17-11-13(5-6-15(17)18)19(25)24-10-9-22-20(12-24)7-8-20/h5-6,11,22H,1-4,7-10,12H2. The maximum absolute atomic E-state index is 13.0. The van der Waals surface area contributed by atoms with Gasteiger partial charge in [-0.2, -0.15) is 0 Å². The quantitative estimate of drug-likeness (QED) is 0.853. The van der Waals surface area contributed by atoms with Crippen LogP contribution in [0.15, 0.2) is 18.2 Å². The van der Waals surface area contributed by atoms with E-state index in [0.29, 0.717) is 0 Å². The first-order chi connectivity index (χ1) is 12.2. The van der Waals surface area contributed by atoms with E-state index in [1.165, 1.54) is 31.2 Å². The highest BCUT2D eigenvalue weighted by Crippen LogP contribution is 2.38. The van der Waals surface area contributed by atoms with Crippen LogP contribution in [-0.4, -0.2) is 41.0 Å². The van der Waals surface area contributed by atoms with Gasteiger partial charge in [0.15, 0.2) is 0 Å². The summed E-state index contributed by atoms with van der Waals surface area (Å²) in [5, 5.41) is 5.35. The van der Waals surface area contributed by atoms with Gasteiger partial charge in [0.25, 0.3) is 5.91 Å². The van der Waals surface area contributed by atoms with Gasteiger partial charge in [-0.1, -0.05) is 17.7 Å².